The van der Waals surface area contributed by atoms with E-state index in [1.165, 1.54) is 0 Å². The molecule has 3 N–H and O–H groups in total. The van der Waals surface area contributed by atoms with Crippen LogP contribution in [0.1, 0.15) is 26.7 Å². The highest BCUT2D eigenvalue weighted by molar-refractivity contribution is 6.02. The Kier molecular flexibility index (Phi) is 5.34. The van der Waals surface area contributed by atoms with Gasteiger partial charge in [0.25, 0.3) is 0 Å². The molecule has 3 heteroatoms. The van der Waals surface area contributed by atoms with E-state index in [0.717, 1.165) is 22.9 Å². The number of benzene rings is 2. The van der Waals surface area contributed by atoms with Crippen LogP contribution >= 0.6 is 0 Å². The molecule has 1 amide bonds. The Hall–Kier alpha value is -1.87. The van der Waals surface area contributed by atoms with E-state index in [4.69, 9.17) is 5.73 Å². The number of fused-ring (bicyclic) bond motifs is 1. The third kappa shape index (κ3) is 4.30. The topological polar surface area (TPSA) is 55.1 Å². The maximum Gasteiger partial charge on any atom is 0.224 e. The van der Waals surface area contributed by atoms with E-state index in [1.807, 2.05) is 42.5 Å². The van der Waals surface area contributed by atoms with Gasteiger partial charge in [-0.25, -0.2) is 0 Å². The van der Waals surface area contributed by atoms with E-state index < -0.39 is 0 Å². The van der Waals surface area contributed by atoms with Crippen LogP contribution in [-0.2, 0) is 4.79 Å². The standard InChI is InChI=1S/C18H24N2O/c1-13(2)10-14(12-19)11-18(21)20-17-9-5-7-15-6-3-4-8-16(15)17/h3-9,13-14H,10-12,19H2,1-2H3,(H,20,21)/t14-/m0/s1. The molecule has 2 aromatic rings. The van der Waals surface area contributed by atoms with E-state index in [-0.39, 0.29) is 11.8 Å². The highest BCUT2D eigenvalue weighted by Crippen LogP contribution is 2.23. The first-order valence-electron chi connectivity index (χ1n) is 7.57. The Morgan fingerprint density at radius 3 is 2.57 bits per heavy atom. The molecule has 0 saturated carbocycles. The molecule has 0 aliphatic rings. The van der Waals surface area contributed by atoms with Crippen LogP contribution in [0.15, 0.2) is 42.5 Å². The lowest BCUT2D eigenvalue weighted by Crippen LogP contribution is -2.23. The fourth-order valence-corrected chi connectivity index (χ4v) is 2.73. The van der Waals surface area contributed by atoms with Gasteiger partial charge in [0, 0.05) is 17.5 Å². The summed E-state index contributed by atoms with van der Waals surface area (Å²) in [5, 5.41) is 5.23. The molecule has 0 aromatic heterocycles. The first kappa shape index (κ1) is 15.5. The zero-order valence-corrected chi connectivity index (χ0v) is 12.8. The summed E-state index contributed by atoms with van der Waals surface area (Å²) < 4.78 is 0. The molecule has 2 rings (SSSR count). The first-order valence-corrected chi connectivity index (χ1v) is 7.57. The highest BCUT2D eigenvalue weighted by Gasteiger charge is 2.14. The van der Waals surface area contributed by atoms with Crippen molar-refractivity contribution in [2.75, 3.05) is 11.9 Å². The summed E-state index contributed by atoms with van der Waals surface area (Å²) in [4.78, 5) is 12.2. The van der Waals surface area contributed by atoms with Gasteiger partial charge in [0.05, 0.1) is 0 Å². The summed E-state index contributed by atoms with van der Waals surface area (Å²) in [6.07, 6.45) is 1.47. The second-order valence-corrected chi connectivity index (χ2v) is 6.01. The lowest BCUT2D eigenvalue weighted by molar-refractivity contribution is -0.117. The van der Waals surface area contributed by atoms with Gasteiger partial charge >= 0.3 is 0 Å². The zero-order valence-electron chi connectivity index (χ0n) is 12.8. The van der Waals surface area contributed by atoms with Crippen molar-refractivity contribution in [3.8, 4) is 0 Å². The summed E-state index contributed by atoms with van der Waals surface area (Å²) in [7, 11) is 0. The van der Waals surface area contributed by atoms with Gasteiger partial charge in [0.2, 0.25) is 5.91 Å². The van der Waals surface area contributed by atoms with Gasteiger partial charge < -0.3 is 11.1 Å². The highest BCUT2D eigenvalue weighted by atomic mass is 16.1. The van der Waals surface area contributed by atoms with E-state index in [9.17, 15) is 4.79 Å². The minimum absolute atomic E-state index is 0.0439. The normalized spacial score (nSPS) is 12.6. The molecule has 0 spiro atoms. The van der Waals surface area contributed by atoms with Crippen molar-refractivity contribution in [1.82, 2.24) is 0 Å². The van der Waals surface area contributed by atoms with Crippen molar-refractivity contribution in [2.24, 2.45) is 17.6 Å². The summed E-state index contributed by atoms with van der Waals surface area (Å²) in [6.45, 7) is 4.87. The lowest BCUT2D eigenvalue weighted by Gasteiger charge is -2.17. The molecule has 0 aliphatic carbocycles. The molecule has 3 nitrogen and oxygen atoms in total. The summed E-state index contributed by atoms with van der Waals surface area (Å²) in [5.74, 6) is 0.853. The maximum atomic E-state index is 12.2. The van der Waals surface area contributed by atoms with E-state index in [1.54, 1.807) is 0 Å². The van der Waals surface area contributed by atoms with Crippen LogP contribution in [0.25, 0.3) is 10.8 Å². The van der Waals surface area contributed by atoms with Crippen molar-refractivity contribution >= 4 is 22.4 Å². The third-order valence-corrected chi connectivity index (χ3v) is 3.68. The number of nitrogens with one attached hydrogen (secondary N) is 1. The Morgan fingerprint density at radius 2 is 1.86 bits per heavy atom. The number of amides is 1. The third-order valence-electron chi connectivity index (χ3n) is 3.68. The molecular formula is C18H24N2O. The second kappa shape index (κ2) is 7.23. The van der Waals surface area contributed by atoms with Crippen LogP contribution in [0, 0.1) is 11.8 Å². The number of hydrogen-bond acceptors (Lipinski definition) is 2. The average molecular weight is 284 g/mol. The summed E-state index contributed by atoms with van der Waals surface area (Å²) in [6, 6.07) is 14.0. The van der Waals surface area contributed by atoms with Crippen LogP contribution in [0.5, 0.6) is 0 Å². The number of nitrogens with two attached hydrogens (primary N) is 1. The molecule has 112 valence electrons. The van der Waals surface area contributed by atoms with E-state index in [2.05, 4.69) is 19.2 Å². The van der Waals surface area contributed by atoms with Crippen LogP contribution in [0.2, 0.25) is 0 Å². The quantitative estimate of drug-likeness (QED) is 0.848. The van der Waals surface area contributed by atoms with Crippen LogP contribution in [0.3, 0.4) is 0 Å². The average Bonchev–Trinajstić information content (AvgIpc) is 2.46. The lowest BCUT2D eigenvalue weighted by atomic mass is 9.94. The van der Waals surface area contributed by atoms with Crippen LogP contribution in [-0.4, -0.2) is 12.5 Å². The molecule has 0 saturated heterocycles. The van der Waals surface area contributed by atoms with Crippen molar-refractivity contribution < 1.29 is 4.79 Å². The molecule has 0 unspecified atom stereocenters. The zero-order chi connectivity index (χ0) is 15.2. The molecule has 1 atom stereocenters. The Bertz CT molecular complexity index is 602. The van der Waals surface area contributed by atoms with Gasteiger partial charge in [-0.15, -0.1) is 0 Å². The SMILES string of the molecule is CC(C)C[C@H](CN)CC(=O)Nc1cccc2ccccc12. The molecule has 0 fully saturated rings. The fourth-order valence-electron chi connectivity index (χ4n) is 2.73. The second-order valence-electron chi connectivity index (χ2n) is 6.01. The molecular weight excluding hydrogens is 260 g/mol. The summed E-state index contributed by atoms with van der Waals surface area (Å²) in [5.41, 5.74) is 6.65. The van der Waals surface area contributed by atoms with Gasteiger partial charge in [-0.1, -0.05) is 50.2 Å². The van der Waals surface area contributed by atoms with Gasteiger partial charge in [0.15, 0.2) is 0 Å². The monoisotopic (exact) mass is 284 g/mol. The molecule has 0 heterocycles. The molecule has 0 aliphatic heterocycles. The molecule has 0 bridgehead atoms. The Balaban J connectivity index is 2.07. The number of hydrogen-bond donors (Lipinski definition) is 2. The van der Waals surface area contributed by atoms with Crippen LogP contribution in [0.4, 0.5) is 5.69 Å². The number of carbonyl (C=O) groups is 1. The van der Waals surface area contributed by atoms with Crippen molar-refractivity contribution in [1.29, 1.82) is 0 Å². The van der Waals surface area contributed by atoms with E-state index in [0.29, 0.717) is 18.9 Å². The Labute approximate surface area is 126 Å². The van der Waals surface area contributed by atoms with Crippen molar-refractivity contribution in [3.05, 3.63) is 42.5 Å². The molecule has 21 heavy (non-hydrogen) atoms. The maximum absolute atomic E-state index is 12.2. The minimum atomic E-state index is 0.0439. The number of carbonyl (C=O) groups excluding carboxylic acids is 1. The van der Waals surface area contributed by atoms with Gasteiger partial charge in [-0.05, 0) is 36.3 Å². The molecule has 2 aromatic carbocycles. The van der Waals surface area contributed by atoms with Crippen molar-refractivity contribution in [2.45, 2.75) is 26.7 Å². The van der Waals surface area contributed by atoms with Gasteiger partial charge in [0.1, 0.15) is 0 Å². The minimum Gasteiger partial charge on any atom is -0.330 e. The summed E-state index contributed by atoms with van der Waals surface area (Å²) >= 11 is 0. The predicted molar refractivity (Wildman–Crippen MR) is 89.2 cm³/mol. The van der Waals surface area contributed by atoms with Gasteiger partial charge in [-0.2, -0.15) is 0 Å². The largest absolute Gasteiger partial charge is 0.330 e. The number of anilines is 1. The van der Waals surface area contributed by atoms with Crippen LogP contribution < -0.4 is 11.1 Å². The molecule has 0 radical (unpaired) electrons. The number of rotatable bonds is 6. The van der Waals surface area contributed by atoms with Crippen molar-refractivity contribution in [3.63, 3.8) is 0 Å². The first-order chi connectivity index (χ1) is 10.1. The van der Waals surface area contributed by atoms with Gasteiger partial charge in [-0.3, -0.25) is 4.79 Å². The predicted octanol–water partition coefficient (Wildman–Crippen LogP) is 3.79. The van der Waals surface area contributed by atoms with E-state index >= 15 is 0 Å². The Morgan fingerprint density at radius 1 is 1.14 bits per heavy atom. The fraction of sp³-hybridized carbons (Fsp3) is 0.389. The smallest absolute Gasteiger partial charge is 0.224 e.